The first-order chi connectivity index (χ1) is 26.0. The van der Waals surface area contributed by atoms with Crippen molar-refractivity contribution in [1.29, 1.82) is 0 Å². The number of nitrogens with zero attached hydrogens (tertiary/aromatic N) is 2. The van der Waals surface area contributed by atoms with Gasteiger partial charge in [0.25, 0.3) is 0 Å². The lowest BCUT2D eigenvalue weighted by atomic mass is 10.0. The van der Waals surface area contributed by atoms with E-state index in [9.17, 15) is 28.8 Å². The molecule has 0 saturated heterocycles. The maximum atomic E-state index is 13.1. The summed E-state index contributed by atoms with van der Waals surface area (Å²) in [4.78, 5) is 86.2. The Morgan fingerprint density at radius 2 is 1.52 bits per heavy atom. The second-order valence-corrected chi connectivity index (χ2v) is 13.0. The van der Waals surface area contributed by atoms with Gasteiger partial charge in [-0.25, -0.2) is 33.9 Å². The minimum absolute atomic E-state index is 0.000784. The molecule has 2 aromatic heterocycles. The molecule has 19 heteroatoms. The number of aromatic nitrogens is 2. The molecule has 2 aromatic carbocycles. The molecule has 4 aromatic rings. The van der Waals surface area contributed by atoms with Crippen LogP contribution in [-0.2, 0) is 39.7 Å². The normalized spacial score (nSPS) is 12.6. The number of hydrogen-bond acceptors (Lipinski definition) is 17. The first kappa shape index (κ1) is 39.5. The number of benzene rings is 2. The first-order valence-electron chi connectivity index (χ1n) is 16.8. The van der Waals surface area contributed by atoms with Crippen LogP contribution in [0.5, 0.6) is 11.5 Å². The fraction of sp³-hybridized carbons (Fsp3) is 0.371. The minimum atomic E-state index is -1.18. The number of hydrogen-bond donors (Lipinski definition) is 2. The zero-order valence-electron chi connectivity index (χ0n) is 29.9. The Kier molecular flexibility index (Phi) is 13.1. The average molecular weight is 785 g/mol. The number of carbonyl (C=O) groups excluding carboxylic acids is 6. The second-order valence-electron chi connectivity index (χ2n) is 11.0. The number of fused-ring (bicyclic) bond motifs is 3. The summed E-state index contributed by atoms with van der Waals surface area (Å²) in [7, 11) is 0. The van der Waals surface area contributed by atoms with Gasteiger partial charge in [-0.1, -0.05) is 0 Å². The van der Waals surface area contributed by atoms with Crippen LogP contribution in [0.2, 0.25) is 0 Å². The molecule has 0 saturated carbocycles. The Bertz CT molecular complexity index is 2120. The minimum Gasteiger partial charge on any atom is -0.464 e. The van der Waals surface area contributed by atoms with Crippen molar-refractivity contribution in [1.82, 2.24) is 15.3 Å². The number of pyridine rings is 1. The van der Waals surface area contributed by atoms with Gasteiger partial charge in [-0.3, -0.25) is 4.79 Å². The lowest BCUT2D eigenvalue weighted by Crippen LogP contribution is -2.43. The fourth-order valence-corrected chi connectivity index (χ4v) is 7.19. The topological polar surface area (TPSA) is 217 Å². The zero-order chi connectivity index (χ0) is 38.9. The van der Waals surface area contributed by atoms with E-state index in [0.717, 1.165) is 11.3 Å². The van der Waals surface area contributed by atoms with Crippen molar-refractivity contribution in [3.05, 3.63) is 35.5 Å². The molecule has 1 aliphatic rings. The summed E-state index contributed by atoms with van der Waals surface area (Å²) in [5.41, 5.74) is 0.754. The number of amides is 2. The van der Waals surface area contributed by atoms with Crippen molar-refractivity contribution in [2.24, 2.45) is 0 Å². The van der Waals surface area contributed by atoms with Crippen LogP contribution in [0.25, 0.3) is 31.7 Å². The molecule has 17 nitrogen and oxygen atoms in total. The van der Waals surface area contributed by atoms with Crippen LogP contribution in [0.4, 0.5) is 20.1 Å². The molecular formula is C35H36N4O13S2. The molecule has 0 spiro atoms. The number of thiazole rings is 1. The first-order valence-corrected chi connectivity index (χ1v) is 18.6. The smallest absolute Gasteiger partial charge is 0.464 e. The zero-order valence-corrected chi connectivity index (χ0v) is 31.5. The largest absolute Gasteiger partial charge is 0.513 e. The summed E-state index contributed by atoms with van der Waals surface area (Å²) in [6, 6.07) is 5.13. The summed E-state index contributed by atoms with van der Waals surface area (Å²) >= 11 is 2.27. The van der Waals surface area contributed by atoms with E-state index < -0.39 is 36.4 Å². The second kappa shape index (κ2) is 17.9. The van der Waals surface area contributed by atoms with Gasteiger partial charge in [0.2, 0.25) is 5.91 Å². The van der Waals surface area contributed by atoms with Crippen molar-refractivity contribution >= 4 is 86.0 Å². The summed E-state index contributed by atoms with van der Waals surface area (Å²) in [5.74, 6) is -1.86. The van der Waals surface area contributed by atoms with Gasteiger partial charge in [-0.2, -0.15) is 0 Å². The highest BCUT2D eigenvalue weighted by Crippen LogP contribution is 2.48. The molecule has 54 heavy (non-hydrogen) atoms. The monoisotopic (exact) mass is 784 g/mol. The van der Waals surface area contributed by atoms with Crippen LogP contribution in [0.3, 0.4) is 0 Å². The lowest BCUT2D eigenvalue weighted by Gasteiger charge is -2.22. The molecular weight excluding hydrogens is 749 g/mol. The summed E-state index contributed by atoms with van der Waals surface area (Å²) in [6.07, 6.45) is -3.03. The molecule has 0 aliphatic carbocycles. The molecule has 286 valence electrons. The number of thioether (sulfide) groups is 1. The van der Waals surface area contributed by atoms with Crippen molar-refractivity contribution in [2.45, 2.75) is 52.0 Å². The third-order valence-electron chi connectivity index (χ3n) is 7.35. The van der Waals surface area contributed by atoms with Crippen molar-refractivity contribution in [3.63, 3.8) is 0 Å². The van der Waals surface area contributed by atoms with E-state index in [1.54, 1.807) is 46.8 Å². The van der Waals surface area contributed by atoms with Crippen molar-refractivity contribution in [3.8, 4) is 22.2 Å². The van der Waals surface area contributed by atoms with Crippen LogP contribution >= 0.6 is 23.1 Å². The van der Waals surface area contributed by atoms with E-state index in [0.29, 0.717) is 20.5 Å². The van der Waals surface area contributed by atoms with E-state index in [1.165, 1.54) is 23.9 Å². The van der Waals surface area contributed by atoms with Gasteiger partial charge in [-0.05, 0) is 69.8 Å². The number of rotatable bonds is 13. The van der Waals surface area contributed by atoms with Gasteiger partial charge in [0.15, 0.2) is 11.5 Å². The third kappa shape index (κ3) is 9.08. The fourth-order valence-electron chi connectivity index (χ4n) is 5.29. The Morgan fingerprint density at radius 3 is 2.20 bits per heavy atom. The van der Waals surface area contributed by atoms with Crippen LogP contribution in [0.1, 0.15) is 50.7 Å². The number of ether oxygens (including phenoxy) is 7. The maximum Gasteiger partial charge on any atom is 0.513 e. The van der Waals surface area contributed by atoms with E-state index in [2.05, 4.69) is 15.6 Å². The highest BCUT2D eigenvalue weighted by molar-refractivity contribution is 8.00. The van der Waals surface area contributed by atoms with Crippen LogP contribution in [0.15, 0.2) is 29.2 Å². The van der Waals surface area contributed by atoms with Gasteiger partial charge in [0, 0.05) is 11.3 Å². The number of anilines is 1. The van der Waals surface area contributed by atoms with Gasteiger partial charge in [0.1, 0.15) is 28.0 Å². The number of esters is 2. The predicted octanol–water partition coefficient (Wildman–Crippen LogP) is 6.02. The standard InChI is InChI=1S/C35H36N4O13S2/c1-6-46-31(41)19(37-33(43)48-8-3)11-17-12-21(51-34(44)49-9-4)26-23(13-17)54-30(39-26)28-25-18(14-20(36-28)32(42)47-7-2)15-22-27(38-24(40)16-53-22)29(25)52-35(45)50-10-5/h12-15,19H,6-11,16H2,1-5H3,(H,37,43)(H,38,40). The highest BCUT2D eigenvalue weighted by Gasteiger charge is 2.30. The third-order valence-corrected chi connectivity index (χ3v) is 9.40. The van der Waals surface area contributed by atoms with Gasteiger partial charge >= 0.3 is 30.3 Å². The molecule has 0 bridgehead atoms. The molecule has 5 rings (SSSR count). The molecule has 2 N–H and O–H groups in total. The van der Waals surface area contributed by atoms with E-state index in [1.807, 2.05) is 0 Å². The van der Waals surface area contributed by atoms with E-state index in [4.69, 9.17) is 38.1 Å². The van der Waals surface area contributed by atoms with Crippen molar-refractivity contribution < 1.29 is 61.9 Å². The maximum absolute atomic E-state index is 13.1. The van der Waals surface area contributed by atoms with E-state index >= 15 is 0 Å². The number of nitrogens with one attached hydrogen (secondary N) is 2. The highest BCUT2D eigenvalue weighted by atomic mass is 32.2. The Labute approximate surface area is 316 Å². The molecule has 3 heterocycles. The lowest BCUT2D eigenvalue weighted by molar-refractivity contribution is -0.145. The summed E-state index contributed by atoms with van der Waals surface area (Å²) in [6.45, 7) is 8.27. The Balaban J connectivity index is 1.75. The number of carbonyl (C=O) groups is 6. The van der Waals surface area contributed by atoms with Gasteiger partial charge in [-0.15, -0.1) is 23.1 Å². The van der Waals surface area contributed by atoms with Crippen molar-refractivity contribution in [2.75, 3.05) is 44.1 Å². The van der Waals surface area contributed by atoms with Crippen LogP contribution < -0.4 is 20.1 Å². The van der Waals surface area contributed by atoms with E-state index in [-0.39, 0.29) is 95.6 Å². The van der Waals surface area contributed by atoms with Crippen LogP contribution in [-0.4, -0.2) is 91.0 Å². The predicted molar refractivity (Wildman–Crippen MR) is 195 cm³/mol. The van der Waals surface area contributed by atoms with Crippen LogP contribution in [0, 0.1) is 0 Å². The SMILES string of the molecule is CCOC(=O)NC(Cc1cc(OC(=O)OCC)c2nc(-c3nc(C(=O)OCC)cc4cc5c(c(OC(=O)OCC)c34)NC(=O)CS5)sc2c1)C(=O)OCC. The summed E-state index contributed by atoms with van der Waals surface area (Å²) in [5, 5.41) is 6.03. The quantitative estimate of drug-likeness (QED) is 0.0899. The average Bonchev–Trinajstić information content (AvgIpc) is 3.56. The molecule has 0 radical (unpaired) electrons. The molecule has 1 atom stereocenters. The molecule has 1 unspecified atom stereocenters. The Hall–Kier alpha value is -5.69. The number of alkyl carbamates (subject to hydrolysis) is 1. The Morgan fingerprint density at radius 1 is 0.833 bits per heavy atom. The molecule has 2 amide bonds. The van der Waals surface area contributed by atoms with Gasteiger partial charge in [0.05, 0.1) is 54.6 Å². The van der Waals surface area contributed by atoms with Gasteiger partial charge < -0.3 is 43.8 Å². The molecule has 1 aliphatic heterocycles. The molecule has 0 fully saturated rings. The summed E-state index contributed by atoms with van der Waals surface area (Å²) < 4.78 is 37.2.